The Kier molecular flexibility index (Phi) is 10.3. The minimum absolute atomic E-state index is 0. The molecule has 0 saturated heterocycles. The van der Waals surface area contributed by atoms with Crippen LogP contribution in [0.4, 0.5) is 4.39 Å². The van der Waals surface area contributed by atoms with Crippen LogP contribution in [0.25, 0.3) is 0 Å². The lowest BCUT2D eigenvalue weighted by Crippen LogP contribution is -2.40. The highest BCUT2D eigenvalue weighted by atomic mass is 127. The maximum atomic E-state index is 13.5. The predicted molar refractivity (Wildman–Crippen MR) is 113 cm³/mol. The zero-order valence-electron chi connectivity index (χ0n) is 14.1. The molecule has 2 aromatic rings. The zero-order chi connectivity index (χ0) is 17.2. The lowest BCUT2D eigenvalue weighted by Gasteiger charge is -2.12. The maximum Gasteiger partial charge on any atom is 0.191 e. The van der Waals surface area contributed by atoms with Crippen LogP contribution in [0.2, 0.25) is 0 Å². The molecule has 0 saturated carbocycles. The number of nitrogens with zero attached hydrogens (tertiary/aromatic N) is 1. The van der Waals surface area contributed by atoms with E-state index in [4.69, 9.17) is 0 Å². The number of hydrogen-bond donors (Lipinski definition) is 2. The number of nitrogens with one attached hydrogen (secondary N) is 2. The molecule has 136 valence electrons. The van der Waals surface area contributed by atoms with Crippen LogP contribution in [0.15, 0.2) is 64.5 Å². The summed E-state index contributed by atoms with van der Waals surface area (Å²) in [4.78, 5) is 4.93. The minimum atomic E-state index is -1.04. The zero-order valence-corrected chi connectivity index (χ0v) is 17.2. The van der Waals surface area contributed by atoms with Crippen molar-refractivity contribution in [3.8, 4) is 0 Å². The van der Waals surface area contributed by atoms with Gasteiger partial charge >= 0.3 is 0 Å². The molecule has 0 aliphatic carbocycles. The van der Waals surface area contributed by atoms with Gasteiger partial charge < -0.3 is 10.6 Å². The molecule has 0 aliphatic heterocycles. The second-order valence-electron chi connectivity index (χ2n) is 5.13. The Balaban J connectivity index is 0.00000312. The number of rotatable bonds is 7. The highest BCUT2D eigenvalue weighted by Gasteiger charge is 2.04. The maximum absolute atomic E-state index is 13.5. The van der Waals surface area contributed by atoms with E-state index in [1.807, 2.05) is 36.4 Å². The van der Waals surface area contributed by atoms with Crippen molar-refractivity contribution in [2.24, 2.45) is 4.99 Å². The van der Waals surface area contributed by atoms with Crippen molar-refractivity contribution < 1.29 is 8.60 Å². The molecule has 0 aliphatic rings. The van der Waals surface area contributed by atoms with E-state index in [9.17, 15) is 8.60 Å². The van der Waals surface area contributed by atoms with Gasteiger partial charge in [0.2, 0.25) is 0 Å². The van der Waals surface area contributed by atoms with E-state index in [-0.39, 0.29) is 29.8 Å². The summed E-state index contributed by atoms with van der Waals surface area (Å²) in [6, 6.07) is 16.1. The van der Waals surface area contributed by atoms with Crippen molar-refractivity contribution in [1.82, 2.24) is 10.6 Å². The van der Waals surface area contributed by atoms with Crippen molar-refractivity contribution in [2.75, 3.05) is 25.9 Å². The average Bonchev–Trinajstić information content (AvgIpc) is 2.62. The number of hydrogen-bond acceptors (Lipinski definition) is 2. The molecule has 2 aromatic carbocycles. The van der Waals surface area contributed by atoms with Crippen molar-refractivity contribution in [2.45, 2.75) is 11.3 Å². The first-order valence-electron chi connectivity index (χ1n) is 7.82. The van der Waals surface area contributed by atoms with Gasteiger partial charge in [-0.2, -0.15) is 0 Å². The fourth-order valence-electron chi connectivity index (χ4n) is 2.19. The largest absolute Gasteiger partial charge is 0.356 e. The van der Waals surface area contributed by atoms with Crippen LogP contribution < -0.4 is 10.6 Å². The van der Waals surface area contributed by atoms with Gasteiger partial charge in [-0.3, -0.25) is 9.20 Å². The fourth-order valence-corrected chi connectivity index (χ4v) is 3.17. The molecule has 2 rings (SSSR count). The Morgan fingerprint density at radius 1 is 1.04 bits per heavy atom. The third-order valence-corrected chi connectivity index (χ3v) is 4.83. The van der Waals surface area contributed by atoms with Crippen LogP contribution in [-0.2, 0) is 17.2 Å². The number of halogens is 2. The van der Waals surface area contributed by atoms with Crippen LogP contribution in [0.5, 0.6) is 0 Å². The second kappa shape index (κ2) is 12.0. The summed E-state index contributed by atoms with van der Waals surface area (Å²) in [7, 11) is 0.638. The Hall–Kier alpha value is -1.48. The van der Waals surface area contributed by atoms with Gasteiger partial charge in [0, 0.05) is 30.8 Å². The van der Waals surface area contributed by atoms with Gasteiger partial charge in [-0.1, -0.05) is 36.4 Å². The molecule has 0 bridgehead atoms. The Labute approximate surface area is 167 Å². The molecule has 7 heteroatoms. The second-order valence-corrected chi connectivity index (χ2v) is 6.70. The van der Waals surface area contributed by atoms with Gasteiger partial charge in [-0.05, 0) is 30.2 Å². The predicted octanol–water partition coefficient (Wildman–Crippen LogP) is 2.96. The van der Waals surface area contributed by atoms with E-state index in [1.54, 1.807) is 19.2 Å². The lowest BCUT2D eigenvalue weighted by atomic mass is 10.1. The molecule has 0 heterocycles. The summed E-state index contributed by atoms with van der Waals surface area (Å²) in [6.07, 6.45) is 0.573. The van der Waals surface area contributed by atoms with E-state index in [1.165, 1.54) is 6.07 Å². The average molecular weight is 475 g/mol. The highest BCUT2D eigenvalue weighted by molar-refractivity contribution is 14.0. The third kappa shape index (κ3) is 7.52. The molecule has 1 unspecified atom stereocenters. The SMILES string of the molecule is CN=C(NCCc1ccccc1F)NCCS(=O)c1ccccc1.I. The summed E-state index contributed by atoms with van der Waals surface area (Å²) in [5.74, 6) is 0.926. The lowest BCUT2D eigenvalue weighted by molar-refractivity contribution is 0.607. The molecule has 0 radical (unpaired) electrons. The number of benzene rings is 2. The van der Waals surface area contributed by atoms with Crippen LogP contribution in [0.3, 0.4) is 0 Å². The van der Waals surface area contributed by atoms with Gasteiger partial charge in [0.15, 0.2) is 5.96 Å². The van der Waals surface area contributed by atoms with Crippen molar-refractivity contribution in [3.63, 3.8) is 0 Å². The van der Waals surface area contributed by atoms with Gasteiger partial charge in [0.25, 0.3) is 0 Å². The quantitative estimate of drug-likeness (QED) is 0.368. The first-order chi connectivity index (χ1) is 11.7. The molecular formula is C18H23FIN3OS. The summed E-state index contributed by atoms with van der Waals surface area (Å²) < 4.78 is 25.7. The summed E-state index contributed by atoms with van der Waals surface area (Å²) >= 11 is 0. The molecule has 0 aromatic heterocycles. The molecule has 25 heavy (non-hydrogen) atoms. The normalized spacial score (nSPS) is 12.2. The van der Waals surface area contributed by atoms with E-state index in [2.05, 4.69) is 15.6 Å². The fraction of sp³-hybridized carbons (Fsp3) is 0.278. The van der Waals surface area contributed by atoms with Crippen LogP contribution in [-0.4, -0.2) is 36.1 Å². The molecule has 4 nitrogen and oxygen atoms in total. The molecular weight excluding hydrogens is 452 g/mol. The van der Waals surface area contributed by atoms with Crippen molar-refractivity contribution in [3.05, 3.63) is 66.0 Å². The number of aliphatic imine (C=N–C) groups is 1. The Bertz CT molecular complexity index is 698. The monoisotopic (exact) mass is 475 g/mol. The van der Waals surface area contributed by atoms with Gasteiger partial charge in [0.1, 0.15) is 5.82 Å². The van der Waals surface area contributed by atoms with E-state index < -0.39 is 10.8 Å². The third-order valence-electron chi connectivity index (χ3n) is 3.45. The van der Waals surface area contributed by atoms with Crippen molar-refractivity contribution in [1.29, 1.82) is 0 Å². The van der Waals surface area contributed by atoms with Crippen LogP contribution in [0.1, 0.15) is 5.56 Å². The van der Waals surface area contributed by atoms with Gasteiger partial charge in [0.05, 0.1) is 10.8 Å². The smallest absolute Gasteiger partial charge is 0.191 e. The highest BCUT2D eigenvalue weighted by Crippen LogP contribution is 2.06. The van der Waals surface area contributed by atoms with Crippen molar-refractivity contribution >= 4 is 40.7 Å². The van der Waals surface area contributed by atoms with Gasteiger partial charge in [-0.25, -0.2) is 4.39 Å². The molecule has 0 fully saturated rings. The number of guanidine groups is 1. The van der Waals surface area contributed by atoms with E-state index >= 15 is 0 Å². The summed E-state index contributed by atoms with van der Waals surface area (Å²) in [5, 5.41) is 6.25. The van der Waals surface area contributed by atoms with E-state index in [0.717, 1.165) is 4.90 Å². The molecule has 2 N–H and O–H groups in total. The van der Waals surface area contributed by atoms with Gasteiger partial charge in [-0.15, -0.1) is 24.0 Å². The molecule has 1 atom stereocenters. The standard InChI is InChI=1S/C18H22FN3OS.HI/c1-20-18(21-12-11-15-7-5-6-10-17(15)19)22-13-14-24(23)16-8-3-2-4-9-16;/h2-10H,11-14H2,1H3,(H2,20,21,22);1H. The Morgan fingerprint density at radius 2 is 1.68 bits per heavy atom. The van der Waals surface area contributed by atoms with Crippen LogP contribution >= 0.6 is 24.0 Å². The molecule has 0 amide bonds. The summed E-state index contributed by atoms with van der Waals surface area (Å²) in [6.45, 7) is 1.11. The van der Waals surface area contributed by atoms with Crippen LogP contribution in [0, 0.1) is 5.82 Å². The Morgan fingerprint density at radius 3 is 2.36 bits per heavy atom. The minimum Gasteiger partial charge on any atom is -0.356 e. The summed E-state index contributed by atoms with van der Waals surface area (Å²) in [5.41, 5.74) is 0.672. The molecule has 0 spiro atoms. The first-order valence-corrected chi connectivity index (χ1v) is 9.14. The first kappa shape index (κ1) is 21.6. The van der Waals surface area contributed by atoms with E-state index in [0.29, 0.717) is 36.8 Å². The topological polar surface area (TPSA) is 53.5 Å².